The van der Waals surface area contributed by atoms with E-state index in [-0.39, 0.29) is 6.07 Å². The number of hydrogen-bond donors (Lipinski definition) is 0. The topological polar surface area (TPSA) is 111 Å². The van der Waals surface area contributed by atoms with Gasteiger partial charge in [-0.05, 0) is 30.3 Å². The molecule has 25 heavy (non-hydrogen) atoms. The van der Waals surface area contributed by atoms with Crippen LogP contribution in [0.5, 0.6) is 0 Å². The van der Waals surface area contributed by atoms with Crippen molar-refractivity contribution in [2.24, 2.45) is 0 Å². The highest BCUT2D eigenvalue weighted by molar-refractivity contribution is 8.67. The van der Waals surface area contributed by atoms with Crippen LogP contribution in [0.2, 0.25) is 0 Å². The lowest BCUT2D eigenvalue weighted by molar-refractivity contribution is -0.384. The summed E-state index contributed by atoms with van der Waals surface area (Å²) in [6, 6.07) is 5.21. The van der Waals surface area contributed by atoms with Gasteiger partial charge in [0.25, 0.3) is 23.4 Å². The summed E-state index contributed by atoms with van der Waals surface area (Å²) in [6.07, 6.45) is -4.86. The van der Waals surface area contributed by atoms with Crippen LogP contribution in [0, 0.1) is 10.1 Å². The molecule has 0 amide bonds. The number of nitro benzene ring substituents is 1. The molecule has 134 valence electrons. The molecule has 0 saturated heterocycles. The normalized spacial score (nSPS) is 12.8. The van der Waals surface area contributed by atoms with E-state index in [9.17, 15) is 40.1 Å². The minimum Gasteiger partial charge on any atom is -0.258 e. The molecule has 2 rings (SSSR count). The minimum atomic E-state index is -5.21. The number of benzene rings is 2. The predicted molar refractivity (Wildman–Crippen MR) is 78.9 cm³/mol. The molecule has 0 unspecified atom stereocenters. The van der Waals surface area contributed by atoms with Crippen molar-refractivity contribution in [3.63, 3.8) is 0 Å². The van der Waals surface area contributed by atoms with Gasteiger partial charge < -0.3 is 0 Å². The van der Waals surface area contributed by atoms with Crippen molar-refractivity contribution >= 4 is 23.4 Å². The van der Waals surface area contributed by atoms with Gasteiger partial charge >= 0.3 is 6.18 Å². The molecule has 0 aliphatic rings. The number of alkyl halides is 3. The molecule has 2 aromatic rings. The van der Waals surface area contributed by atoms with Crippen LogP contribution in [-0.2, 0) is 23.9 Å². The molecule has 0 heterocycles. The van der Waals surface area contributed by atoms with Crippen LogP contribution in [0.3, 0.4) is 0 Å². The first-order valence-corrected chi connectivity index (χ1v) is 9.77. The molecule has 0 N–H and O–H groups in total. The van der Waals surface area contributed by atoms with Gasteiger partial charge in [-0.3, -0.25) is 10.1 Å². The van der Waals surface area contributed by atoms with Crippen LogP contribution in [0.25, 0.3) is 0 Å². The molecule has 0 aliphatic heterocycles. The standard InChI is InChI=1S/C13H8F3NO6S2/c14-13(15,16)9-2-1-3-12(8-9)25(22,23)24(20,21)11-6-4-10(5-7-11)17(18)19/h1-8H. The molecule has 0 aromatic heterocycles. The molecule has 2 aromatic carbocycles. The van der Waals surface area contributed by atoms with Gasteiger partial charge in [0.1, 0.15) is 0 Å². The summed E-state index contributed by atoms with van der Waals surface area (Å²) < 4.78 is 87.1. The van der Waals surface area contributed by atoms with Crippen LogP contribution in [0.15, 0.2) is 58.3 Å². The zero-order chi connectivity index (χ0) is 19.0. The first-order chi connectivity index (χ1) is 11.4. The Bertz CT molecular complexity index is 1030. The van der Waals surface area contributed by atoms with Gasteiger partial charge in [-0.2, -0.15) is 13.2 Å². The second-order valence-corrected chi connectivity index (χ2v) is 10.1. The third-order valence-electron chi connectivity index (χ3n) is 3.08. The Morgan fingerprint density at radius 2 is 1.36 bits per heavy atom. The lowest BCUT2D eigenvalue weighted by atomic mass is 10.2. The Hall–Kier alpha value is -2.47. The SMILES string of the molecule is O=[N+]([O-])c1ccc(S(=O)(=O)S(=O)(=O)c2cccc(C(F)(F)F)c2)cc1. The summed E-state index contributed by atoms with van der Waals surface area (Å²) in [7, 11) is -10.3. The van der Waals surface area contributed by atoms with E-state index < -0.39 is 49.9 Å². The van der Waals surface area contributed by atoms with E-state index in [1.165, 1.54) is 0 Å². The van der Waals surface area contributed by atoms with E-state index >= 15 is 0 Å². The van der Waals surface area contributed by atoms with Crippen molar-refractivity contribution in [2.45, 2.75) is 16.0 Å². The number of nitrogens with zero attached hydrogens (tertiary/aromatic N) is 1. The van der Waals surface area contributed by atoms with Crippen LogP contribution in [0.1, 0.15) is 5.56 Å². The summed E-state index contributed by atoms with van der Waals surface area (Å²) in [4.78, 5) is 7.87. The molecule has 0 aliphatic carbocycles. The monoisotopic (exact) mass is 395 g/mol. The van der Waals surface area contributed by atoms with E-state index in [2.05, 4.69) is 0 Å². The van der Waals surface area contributed by atoms with Gasteiger partial charge in [-0.25, -0.2) is 16.8 Å². The molecule has 0 atom stereocenters. The van der Waals surface area contributed by atoms with E-state index in [1.54, 1.807) is 0 Å². The van der Waals surface area contributed by atoms with Crippen LogP contribution >= 0.6 is 0 Å². The fraction of sp³-hybridized carbons (Fsp3) is 0.0769. The summed E-state index contributed by atoms with van der Waals surface area (Å²) in [6.45, 7) is 0. The number of rotatable bonds is 4. The molecule has 12 heteroatoms. The fourth-order valence-corrected chi connectivity index (χ4v) is 5.47. The van der Waals surface area contributed by atoms with Gasteiger partial charge in [0.2, 0.25) is 0 Å². The van der Waals surface area contributed by atoms with Crippen molar-refractivity contribution in [2.75, 3.05) is 0 Å². The lowest BCUT2D eigenvalue weighted by Gasteiger charge is -2.10. The molecule has 0 bridgehead atoms. The van der Waals surface area contributed by atoms with E-state index in [0.29, 0.717) is 24.3 Å². The Balaban J connectivity index is 2.56. The summed E-state index contributed by atoms with van der Waals surface area (Å²) in [5.41, 5.74) is -1.80. The van der Waals surface area contributed by atoms with E-state index in [4.69, 9.17) is 0 Å². The van der Waals surface area contributed by atoms with Gasteiger partial charge in [-0.15, -0.1) is 0 Å². The molecular formula is C13H8F3NO6S2. The van der Waals surface area contributed by atoms with E-state index in [0.717, 1.165) is 18.2 Å². The number of hydrogen-bond acceptors (Lipinski definition) is 6. The minimum absolute atomic E-state index is 0.207. The average molecular weight is 395 g/mol. The third kappa shape index (κ3) is 3.49. The molecule has 0 fully saturated rings. The predicted octanol–water partition coefficient (Wildman–Crippen LogP) is 2.78. The maximum atomic E-state index is 12.7. The van der Waals surface area contributed by atoms with Crippen molar-refractivity contribution in [1.82, 2.24) is 0 Å². The van der Waals surface area contributed by atoms with Crippen LogP contribution < -0.4 is 0 Å². The van der Waals surface area contributed by atoms with Crippen molar-refractivity contribution in [3.05, 3.63) is 64.2 Å². The van der Waals surface area contributed by atoms with Gasteiger partial charge in [0, 0.05) is 12.1 Å². The van der Waals surface area contributed by atoms with Crippen molar-refractivity contribution in [1.29, 1.82) is 0 Å². The highest BCUT2D eigenvalue weighted by Crippen LogP contribution is 2.32. The van der Waals surface area contributed by atoms with Crippen molar-refractivity contribution < 1.29 is 34.9 Å². The third-order valence-corrected chi connectivity index (χ3v) is 8.22. The molecule has 0 saturated carbocycles. The maximum Gasteiger partial charge on any atom is 0.416 e. The first-order valence-electron chi connectivity index (χ1n) is 6.29. The second-order valence-electron chi connectivity index (χ2n) is 4.68. The summed E-state index contributed by atoms with van der Waals surface area (Å²) >= 11 is 0. The molecule has 0 spiro atoms. The Morgan fingerprint density at radius 3 is 1.84 bits per heavy atom. The average Bonchev–Trinajstić information content (AvgIpc) is 2.54. The Morgan fingerprint density at radius 1 is 0.840 bits per heavy atom. The maximum absolute atomic E-state index is 12.7. The smallest absolute Gasteiger partial charge is 0.258 e. The lowest BCUT2D eigenvalue weighted by Crippen LogP contribution is -2.17. The van der Waals surface area contributed by atoms with Gasteiger partial charge in [-0.1, -0.05) is 6.07 Å². The fourth-order valence-electron chi connectivity index (χ4n) is 1.82. The summed E-state index contributed by atoms with van der Waals surface area (Å²) in [5.74, 6) is 0. The van der Waals surface area contributed by atoms with E-state index in [1.807, 2.05) is 0 Å². The Labute approximate surface area is 139 Å². The second kappa shape index (κ2) is 6.11. The quantitative estimate of drug-likeness (QED) is 0.447. The molecule has 7 nitrogen and oxygen atoms in total. The van der Waals surface area contributed by atoms with Crippen LogP contribution in [0.4, 0.5) is 18.9 Å². The van der Waals surface area contributed by atoms with Gasteiger partial charge in [0.15, 0.2) is 0 Å². The Kier molecular flexibility index (Phi) is 4.61. The molecule has 0 radical (unpaired) electrons. The van der Waals surface area contributed by atoms with Crippen molar-refractivity contribution in [3.8, 4) is 0 Å². The zero-order valence-corrected chi connectivity index (χ0v) is 13.6. The highest BCUT2D eigenvalue weighted by atomic mass is 33.2. The molecular weight excluding hydrogens is 387 g/mol. The zero-order valence-electron chi connectivity index (χ0n) is 12.0. The number of non-ortho nitro benzene ring substituents is 1. The first kappa shape index (κ1) is 18.9. The highest BCUT2D eigenvalue weighted by Gasteiger charge is 2.37. The number of halogens is 3. The van der Waals surface area contributed by atoms with Crippen LogP contribution in [-0.4, -0.2) is 21.8 Å². The number of nitro groups is 1. The largest absolute Gasteiger partial charge is 0.416 e. The summed E-state index contributed by atoms with van der Waals surface area (Å²) in [5, 5.41) is 10.5. The van der Waals surface area contributed by atoms with Gasteiger partial charge in [0.05, 0.1) is 20.3 Å².